The molecular weight excluding hydrogens is 392 g/mol. The monoisotopic (exact) mass is 438 g/mol. The van der Waals surface area contributed by atoms with Crippen LogP contribution in [0.1, 0.15) is 60.3 Å². The molecule has 28 heavy (non-hydrogen) atoms. The molecule has 170 valence electrons. The van der Waals surface area contributed by atoms with Crippen molar-refractivity contribution in [3.63, 3.8) is 0 Å². The lowest BCUT2D eigenvalue weighted by Gasteiger charge is -2.40. The molecule has 0 fully saturated rings. The summed E-state index contributed by atoms with van der Waals surface area (Å²) >= 11 is 0. The zero-order valence-electron chi connectivity index (χ0n) is 20.3. The lowest BCUT2D eigenvalue weighted by atomic mass is 9.67. The van der Waals surface area contributed by atoms with E-state index in [0.717, 1.165) is 37.8 Å². The largest absolute Gasteiger partial charge is 0.500 e. The minimum atomic E-state index is -2.58. The first-order valence-corrected chi connectivity index (χ1v) is 14.1. The topological polar surface area (TPSA) is 55.4 Å². The van der Waals surface area contributed by atoms with Crippen molar-refractivity contribution < 1.29 is 26.6 Å². The summed E-state index contributed by atoms with van der Waals surface area (Å²) in [6.45, 7) is 11.7. The highest BCUT2D eigenvalue weighted by atomic mass is 28.4. The number of hydrogen-bond donors (Lipinski definition) is 0. The van der Waals surface area contributed by atoms with Gasteiger partial charge >= 0.3 is 17.6 Å². The molecule has 0 bridgehead atoms. The summed E-state index contributed by atoms with van der Waals surface area (Å²) in [4.78, 5) is 0. The van der Waals surface area contributed by atoms with Crippen molar-refractivity contribution >= 4 is 17.6 Å². The first kappa shape index (κ1) is 28.2. The lowest BCUT2D eigenvalue weighted by Crippen LogP contribution is -2.44. The Bertz CT molecular complexity index is 401. The Morgan fingerprint density at radius 2 is 1.00 bits per heavy atom. The van der Waals surface area contributed by atoms with Crippen molar-refractivity contribution in [2.24, 2.45) is 16.7 Å². The molecule has 0 aliphatic rings. The fraction of sp³-hybridized carbons (Fsp3) is 1.00. The van der Waals surface area contributed by atoms with E-state index in [1.165, 1.54) is 0 Å². The van der Waals surface area contributed by atoms with Gasteiger partial charge in [0, 0.05) is 54.7 Å². The Balaban J connectivity index is 5.29. The van der Waals surface area contributed by atoms with Crippen LogP contribution in [0.3, 0.4) is 0 Å². The smallest absolute Gasteiger partial charge is 0.377 e. The van der Waals surface area contributed by atoms with Gasteiger partial charge in [-0.1, -0.05) is 34.6 Å². The minimum Gasteiger partial charge on any atom is -0.377 e. The van der Waals surface area contributed by atoms with Gasteiger partial charge in [0.25, 0.3) is 0 Å². The van der Waals surface area contributed by atoms with Crippen molar-refractivity contribution in [1.29, 1.82) is 0 Å². The maximum atomic E-state index is 5.65. The minimum absolute atomic E-state index is 0.186. The molecule has 0 N–H and O–H groups in total. The van der Waals surface area contributed by atoms with E-state index >= 15 is 0 Å². The second kappa shape index (κ2) is 12.1. The van der Waals surface area contributed by atoms with E-state index < -0.39 is 17.6 Å². The highest BCUT2D eigenvalue weighted by molar-refractivity contribution is 6.60. The Kier molecular flexibility index (Phi) is 12.2. The fourth-order valence-electron chi connectivity index (χ4n) is 4.47. The van der Waals surface area contributed by atoms with E-state index in [9.17, 15) is 0 Å². The van der Waals surface area contributed by atoms with E-state index in [-0.39, 0.29) is 10.8 Å². The molecule has 0 radical (unpaired) electrons. The van der Waals surface area contributed by atoms with Gasteiger partial charge in [-0.15, -0.1) is 0 Å². The van der Waals surface area contributed by atoms with Gasteiger partial charge in [-0.3, -0.25) is 0 Å². The van der Waals surface area contributed by atoms with Gasteiger partial charge < -0.3 is 26.6 Å². The SMILES string of the molecule is CO[Si](CCCC(CC[Si](OC)(OC)OC)C(C)(C)CC(C)(C)C)(OC)OC. The summed E-state index contributed by atoms with van der Waals surface area (Å²) in [7, 11) is 4.97. The molecular formula is C20H46O6Si2. The van der Waals surface area contributed by atoms with E-state index in [2.05, 4.69) is 34.6 Å². The highest BCUT2D eigenvalue weighted by Crippen LogP contribution is 2.44. The van der Waals surface area contributed by atoms with Gasteiger partial charge in [-0.2, -0.15) is 0 Å². The summed E-state index contributed by atoms with van der Waals surface area (Å²) in [5.41, 5.74) is 0.454. The Hall–Kier alpha value is 0.194. The van der Waals surface area contributed by atoms with Crippen molar-refractivity contribution in [2.75, 3.05) is 42.7 Å². The third-order valence-corrected chi connectivity index (χ3v) is 11.4. The van der Waals surface area contributed by atoms with Crippen LogP contribution in [0.5, 0.6) is 0 Å². The average Bonchev–Trinajstić information content (AvgIpc) is 2.63. The standard InChI is InChI=1S/C20H46O6Si2/c1-19(2,3)17-20(4,5)18(14-16-28(24-9,25-10)26-11)13-12-15-27(21-6,22-7)23-8/h18H,12-17H2,1-11H3. The highest BCUT2D eigenvalue weighted by Gasteiger charge is 2.42. The lowest BCUT2D eigenvalue weighted by molar-refractivity contribution is 0.0941. The molecule has 0 aliphatic heterocycles. The number of hydrogen-bond acceptors (Lipinski definition) is 6. The second-order valence-corrected chi connectivity index (χ2v) is 15.6. The van der Waals surface area contributed by atoms with Gasteiger partial charge in [0.05, 0.1) is 0 Å². The van der Waals surface area contributed by atoms with E-state index in [4.69, 9.17) is 26.6 Å². The van der Waals surface area contributed by atoms with E-state index in [1.807, 2.05) is 0 Å². The molecule has 8 heteroatoms. The average molecular weight is 439 g/mol. The van der Waals surface area contributed by atoms with Crippen LogP contribution in [0.2, 0.25) is 12.1 Å². The molecule has 0 aromatic carbocycles. The molecule has 0 amide bonds. The van der Waals surface area contributed by atoms with Crippen LogP contribution >= 0.6 is 0 Å². The van der Waals surface area contributed by atoms with Crippen molar-refractivity contribution in [3.05, 3.63) is 0 Å². The third-order valence-electron chi connectivity index (χ3n) is 5.79. The molecule has 0 heterocycles. The first-order valence-electron chi connectivity index (χ1n) is 10.2. The molecule has 6 nitrogen and oxygen atoms in total. The second-order valence-electron chi connectivity index (χ2n) is 9.44. The first-order chi connectivity index (χ1) is 12.9. The molecule has 0 rings (SSSR count). The molecule has 0 saturated carbocycles. The van der Waals surface area contributed by atoms with Gasteiger partial charge in [0.15, 0.2) is 0 Å². The van der Waals surface area contributed by atoms with Crippen molar-refractivity contribution in [1.82, 2.24) is 0 Å². The molecule has 0 spiro atoms. The molecule has 1 unspecified atom stereocenters. The van der Waals surface area contributed by atoms with E-state index in [0.29, 0.717) is 5.92 Å². The van der Waals surface area contributed by atoms with Crippen LogP contribution < -0.4 is 0 Å². The quantitative estimate of drug-likeness (QED) is 0.336. The van der Waals surface area contributed by atoms with Crippen LogP contribution in [-0.4, -0.2) is 60.3 Å². The van der Waals surface area contributed by atoms with Crippen LogP contribution in [0.4, 0.5) is 0 Å². The van der Waals surface area contributed by atoms with Crippen LogP contribution in [-0.2, 0) is 26.6 Å². The Labute approximate surface area is 176 Å². The summed E-state index contributed by atoms with van der Waals surface area (Å²) in [6.07, 6.45) is 4.23. The number of rotatable bonds is 15. The summed E-state index contributed by atoms with van der Waals surface area (Å²) < 4.78 is 33.7. The van der Waals surface area contributed by atoms with Gasteiger partial charge in [-0.25, -0.2) is 0 Å². The fourth-order valence-corrected chi connectivity index (χ4v) is 8.03. The Morgan fingerprint density at radius 3 is 1.36 bits per heavy atom. The van der Waals surface area contributed by atoms with Crippen LogP contribution in [0, 0.1) is 16.7 Å². The van der Waals surface area contributed by atoms with Gasteiger partial charge in [0.2, 0.25) is 0 Å². The Morgan fingerprint density at radius 1 is 0.607 bits per heavy atom. The summed E-state index contributed by atoms with van der Waals surface area (Å²) in [5, 5.41) is 0. The van der Waals surface area contributed by atoms with Crippen LogP contribution in [0.15, 0.2) is 0 Å². The van der Waals surface area contributed by atoms with Crippen LogP contribution in [0.25, 0.3) is 0 Å². The third kappa shape index (κ3) is 8.91. The zero-order chi connectivity index (χ0) is 22.1. The maximum Gasteiger partial charge on any atom is 0.500 e. The maximum absolute atomic E-state index is 5.65. The van der Waals surface area contributed by atoms with Crippen molar-refractivity contribution in [3.8, 4) is 0 Å². The normalized spacial score (nSPS) is 15.1. The predicted octanol–water partition coefficient (Wildman–Crippen LogP) is 4.99. The van der Waals surface area contributed by atoms with Gasteiger partial charge in [0.1, 0.15) is 0 Å². The zero-order valence-corrected chi connectivity index (χ0v) is 22.3. The van der Waals surface area contributed by atoms with Crippen molar-refractivity contribution in [2.45, 2.75) is 72.4 Å². The molecule has 1 atom stereocenters. The molecule has 0 saturated heterocycles. The molecule has 0 aromatic heterocycles. The van der Waals surface area contributed by atoms with E-state index in [1.54, 1.807) is 42.7 Å². The summed E-state index contributed by atoms with van der Waals surface area (Å²) in [5.74, 6) is 0.510. The van der Waals surface area contributed by atoms with Gasteiger partial charge in [-0.05, 0) is 42.4 Å². The predicted molar refractivity (Wildman–Crippen MR) is 118 cm³/mol. The summed E-state index contributed by atoms with van der Waals surface area (Å²) in [6, 6.07) is 1.64. The molecule has 0 aliphatic carbocycles. The molecule has 0 aromatic rings.